The number of amides is 2. The van der Waals surface area contributed by atoms with Gasteiger partial charge in [0.15, 0.2) is 0 Å². The second-order valence-corrected chi connectivity index (χ2v) is 12.6. The van der Waals surface area contributed by atoms with Crippen LogP contribution >= 0.6 is 11.6 Å². The number of para-hydroxylation sites is 1. The molecule has 212 valence electrons. The molecule has 4 rings (SSSR count). The van der Waals surface area contributed by atoms with Gasteiger partial charge in [-0.15, -0.1) is 0 Å². The summed E-state index contributed by atoms with van der Waals surface area (Å²) in [6.45, 7) is 3.19. The van der Waals surface area contributed by atoms with Gasteiger partial charge in [0.05, 0.1) is 10.6 Å². The third-order valence-corrected chi connectivity index (χ3v) is 9.32. The third kappa shape index (κ3) is 7.43. The molecular weight excluding hydrogens is 546 g/mol. The van der Waals surface area contributed by atoms with Crippen molar-refractivity contribution in [1.82, 2.24) is 10.2 Å². The Morgan fingerprint density at radius 2 is 1.62 bits per heavy atom. The summed E-state index contributed by atoms with van der Waals surface area (Å²) in [4.78, 5) is 28.9. The summed E-state index contributed by atoms with van der Waals surface area (Å²) in [6, 6.07) is 21.4. The molecule has 0 bridgehead atoms. The van der Waals surface area contributed by atoms with E-state index in [9.17, 15) is 18.0 Å². The highest BCUT2D eigenvalue weighted by atomic mass is 35.5. The number of hydrogen-bond acceptors (Lipinski definition) is 4. The number of nitrogens with one attached hydrogen (secondary N) is 1. The molecule has 1 N–H and O–H groups in total. The summed E-state index contributed by atoms with van der Waals surface area (Å²) in [7, 11) is -4.08. The van der Waals surface area contributed by atoms with Gasteiger partial charge in [-0.3, -0.25) is 13.9 Å². The maximum absolute atomic E-state index is 14.0. The van der Waals surface area contributed by atoms with Crippen LogP contribution in [-0.4, -0.2) is 43.8 Å². The number of carbonyl (C=O) groups is 2. The third-order valence-electron chi connectivity index (χ3n) is 7.29. The monoisotopic (exact) mass is 581 g/mol. The van der Waals surface area contributed by atoms with E-state index in [-0.39, 0.29) is 23.4 Å². The van der Waals surface area contributed by atoms with Crippen LogP contribution in [0.1, 0.15) is 50.2 Å². The van der Waals surface area contributed by atoms with E-state index in [2.05, 4.69) is 5.32 Å². The zero-order valence-electron chi connectivity index (χ0n) is 22.9. The van der Waals surface area contributed by atoms with Crippen LogP contribution in [0.2, 0.25) is 5.02 Å². The van der Waals surface area contributed by atoms with Crippen LogP contribution in [0.25, 0.3) is 0 Å². The fourth-order valence-electron chi connectivity index (χ4n) is 4.94. The predicted molar refractivity (Wildman–Crippen MR) is 159 cm³/mol. The average Bonchev–Trinajstić information content (AvgIpc) is 2.95. The Morgan fingerprint density at radius 1 is 0.950 bits per heavy atom. The lowest BCUT2D eigenvalue weighted by Gasteiger charge is -2.33. The standard InChI is InChI=1S/C31H36ClN3O4S/c1-23-16-18-29(19-17-23)40(38,39)35(28-14-7-4-8-15-28)22-30(36)34(21-25-10-9-11-26(32)20-25)24(2)31(37)33-27-12-5-3-6-13-27/h4,7-11,14-20,24,27H,3,5-6,12-13,21-22H2,1-2H3,(H,33,37)/t24-/m1/s1. The van der Waals surface area contributed by atoms with Crippen LogP contribution in [-0.2, 0) is 26.2 Å². The number of sulfonamides is 1. The molecule has 0 radical (unpaired) electrons. The number of carbonyl (C=O) groups excluding carboxylic acids is 2. The van der Waals surface area contributed by atoms with Crippen molar-refractivity contribution in [3.8, 4) is 0 Å². The first kappa shape index (κ1) is 29.6. The zero-order valence-corrected chi connectivity index (χ0v) is 24.5. The molecule has 0 saturated heterocycles. The Morgan fingerprint density at radius 3 is 2.27 bits per heavy atom. The van der Waals surface area contributed by atoms with Crippen molar-refractivity contribution in [2.24, 2.45) is 0 Å². The molecule has 1 fully saturated rings. The van der Waals surface area contributed by atoms with Crippen LogP contribution in [0.15, 0.2) is 83.8 Å². The summed E-state index contributed by atoms with van der Waals surface area (Å²) < 4.78 is 28.8. The van der Waals surface area contributed by atoms with Crippen LogP contribution in [0.3, 0.4) is 0 Å². The van der Waals surface area contributed by atoms with Crippen LogP contribution in [0, 0.1) is 6.92 Å². The molecular formula is C31H36ClN3O4S. The van der Waals surface area contributed by atoms with E-state index in [1.54, 1.807) is 67.6 Å². The lowest BCUT2D eigenvalue weighted by molar-refractivity contribution is -0.139. The van der Waals surface area contributed by atoms with Gasteiger partial charge < -0.3 is 10.2 Å². The minimum absolute atomic E-state index is 0.0783. The highest BCUT2D eigenvalue weighted by Gasteiger charge is 2.33. The van der Waals surface area contributed by atoms with E-state index in [1.165, 1.54) is 17.0 Å². The van der Waals surface area contributed by atoms with E-state index < -0.39 is 28.5 Å². The molecule has 0 spiro atoms. The second-order valence-electron chi connectivity index (χ2n) is 10.3. The van der Waals surface area contributed by atoms with Crippen molar-refractivity contribution in [1.29, 1.82) is 0 Å². The van der Waals surface area contributed by atoms with Gasteiger partial charge >= 0.3 is 0 Å². The van der Waals surface area contributed by atoms with Crippen molar-refractivity contribution in [2.75, 3.05) is 10.8 Å². The van der Waals surface area contributed by atoms with Crippen LogP contribution < -0.4 is 9.62 Å². The molecule has 40 heavy (non-hydrogen) atoms. The molecule has 0 unspecified atom stereocenters. The quantitative estimate of drug-likeness (QED) is 0.332. The Labute approximate surface area is 242 Å². The highest BCUT2D eigenvalue weighted by Crippen LogP contribution is 2.25. The molecule has 7 nitrogen and oxygen atoms in total. The number of hydrogen-bond donors (Lipinski definition) is 1. The normalized spacial score (nSPS) is 14.8. The zero-order chi connectivity index (χ0) is 28.7. The number of benzene rings is 3. The van der Waals surface area contributed by atoms with Crippen LogP contribution in [0.4, 0.5) is 5.69 Å². The molecule has 0 aromatic heterocycles. The molecule has 1 aliphatic carbocycles. The molecule has 0 aliphatic heterocycles. The van der Waals surface area contributed by atoms with E-state index >= 15 is 0 Å². The Hall–Kier alpha value is -3.36. The highest BCUT2D eigenvalue weighted by molar-refractivity contribution is 7.92. The van der Waals surface area contributed by atoms with Gasteiger partial charge in [-0.25, -0.2) is 8.42 Å². The minimum atomic E-state index is -4.08. The molecule has 1 aliphatic rings. The van der Waals surface area contributed by atoms with E-state index in [1.807, 2.05) is 13.0 Å². The van der Waals surface area contributed by atoms with Gasteiger partial charge in [0.25, 0.3) is 10.0 Å². The molecule has 1 saturated carbocycles. The summed E-state index contributed by atoms with van der Waals surface area (Å²) in [5.74, 6) is -0.749. The number of nitrogens with zero attached hydrogens (tertiary/aromatic N) is 2. The minimum Gasteiger partial charge on any atom is -0.352 e. The molecule has 3 aromatic carbocycles. The first-order chi connectivity index (χ1) is 19.1. The Kier molecular flexibility index (Phi) is 9.87. The first-order valence-corrected chi connectivity index (χ1v) is 15.5. The number of aryl methyl sites for hydroxylation is 1. The van der Waals surface area contributed by atoms with Crippen molar-refractivity contribution in [2.45, 2.75) is 69.5 Å². The molecule has 0 heterocycles. The fraction of sp³-hybridized carbons (Fsp3) is 0.355. The maximum atomic E-state index is 14.0. The molecule has 1 atom stereocenters. The summed E-state index contributed by atoms with van der Waals surface area (Å²) >= 11 is 6.21. The van der Waals surface area contributed by atoms with Crippen LogP contribution in [0.5, 0.6) is 0 Å². The van der Waals surface area contributed by atoms with Gasteiger partial charge in [0.1, 0.15) is 12.6 Å². The average molecular weight is 582 g/mol. The predicted octanol–water partition coefficient (Wildman–Crippen LogP) is 5.71. The molecule has 3 aromatic rings. The van der Waals surface area contributed by atoms with Gasteiger partial charge in [-0.1, -0.05) is 78.9 Å². The van der Waals surface area contributed by atoms with E-state index in [0.717, 1.165) is 47.5 Å². The Bertz CT molecular complexity index is 1410. The van der Waals surface area contributed by atoms with Gasteiger partial charge in [-0.2, -0.15) is 0 Å². The largest absolute Gasteiger partial charge is 0.352 e. The summed E-state index contributed by atoms with van der Waals surface area (Å²) in [5.41, 5.74) is 2.02. The fourth-order valence-corrected chi connectivity index (χ4v) is 6.57. The first-order valence-electron chi connectivity index (χ1n) is 13.6. The lowest BCUT2D eigenvalue weighted by atomic mass is 9.95. The summed E-state index contributed by atoms with van der Waals surface area (Å²) in [5, 5.41) is 3.62. The number of anilines is 1. The molecule has 2 amide bonds. The van der Waals surface area contributed by atoms with Crippen molar-refractivity contribution in [3.63, 3.8) is 0 Å². The number of rotatable bonds is 10. The van der Waals surface area contributed by atoms with Crippen molar-refractivity contribution < 1.29 is 18.0 Å². The maximum Gasteiger partial charge on any atom is 0.264 e. The smallest absolute Gasteiger partial charge is 0.264 e. The Balaban J connectivity index is 1.65. The van der Waals surface area contributed by atoms with Gasteiger partial charge in [-0.05, 0) is 68.7 Å². The van der Waals surface area contributed by atoms with E-state index in [4.69, 9.17) is 11.6 Å². The molecule has 9 heteroatoms. The number of halogens is 1. The van der Waals surface area contributed by atoms with Crippen molar-refractivity contribution in [3.05, 3.63) is 95.0 Å². The summed E-state index contributed by atoms with van der Waals surface area (Å²) in [6.07, 6.45) is 5.11. The van der Waals surface area contributed by atoms with Gasteiger partial charge in [0, 0.05) is 17.6 Å². The van der Waals surface area contributed by atoms with Crippen molar-refractivity contribution >= 4 is 39.1 Å². The lowest BCUT2D eigenvalue weighted by Crippen LogP contribution is -2.53. The van der Waals surface area contributed by atoms with Gasteiger partial charge in [0.2, 0.25) is 11.8 Å². The van der Waals surface area contributed by atoms with E-state index in [0.29, 0.717) is 10.7 Å². The topological polar surface area (TPSA) is 86.8 Å². The SMILES string of the molecule is Cc1ccc(S(=O)(=O)N(CC(=O)N(Cc2cccc(Cl)c2)[C@H](C)C(=O)NC2CCCCC2)c2ccccc2)cc1. The second kappa shape index (κ2) is 13.3.